The van der Waals surface area contributed by atoms with Gasteiger partial charge in [-0.3, -0.25) is 0 Å². The fourth-order valence-electron chi connectivity index (χ4n) is 2.76. The van der Waals surface area contributed by atoms with Crippen LogP contribution in [0.4, 0.5) is 14.9 Å². The monoisotopic (exact) mass is 328 g/mol. The Morgan fingerprint density at radius 1 is 1.17 bits per heavy atom. The molecule has 2 N–H and O–H groups in total. The molecule has 1 aliphatic carbocycles. The summed E-state index contributed by atoms with van der Waals surface area (Å²) >= 11 is 0. The first kappa shape index (κ1) is 16.3. The Kier molecular flexibility index (Phi) is 4.99. The van der Waals surface area contributed by atoms with Gasteiger partial charge in [-0.25, -0.2) is 9.18 Å². The van der Waals surface area contributed by atoms with Gasteiger partial charge in [0, 0.05) is 17.8 Å². The number of amides is 1. The summed E-state index contributed by atoms with van der Waals surface area (Å²) in [6.07, 6.45) is 1.27. The number of rotatable bonds is 5. The van der Waals surface area contributed by atoms with Crippen molar-refractivity contribution in [3.63, 3.8) is 0 Å². The van der Waals surface area contributed by atoms with Gasteiger partial charge in [-0.2, -0.15) is 0 Å². The summed E-state index contributed by atoms with van der Waals surface area (Å²) in [6.45, 7) is 2.02. The number of halogens is 1. The maximum absolute atomic E-state index is 13.2. The molecule has 0 bridgehead atoms. The molecule has 24 heavy (non-hydrogen) atoms. The van der Waals surface area contributed by atoms with Gasteiger partial charge in [-0.15, -0.1) is 0 Å². The Balaban J connectivity index is 1.37. The zero-order chi connectivity index (χ0) is 16.9. The first-order valence-corrected chi connectivity index (χ1v) is 8.10. The average Bonchev–Trinajstić information content (AvgIpc) is 2.55. The van der Waals surface area contributed by atoms with Crippen molar-refractivity contribution in [2.45, 2.75) is 38.5 Å². The highest BCUT2D eigenvalue weighted by Gasteiger charge is 2.30. The highest BCUT2D eigenvalue weighted by molar-refractivity contribution is 5.67. The van der Waals surface area contributed by atoms with E-state index in [1.54, 1.807) is 19.1 Å². The maximum atomic E-state index is 13.2. The van der Waals surface area contributed by atoms with Gasteiger partial charge < -0.3 is 15.4 Å². The molecule has 1 saturated carbocycles. The predicted molar refractivity (Wildman–Crippen MR) is 91.3 cm³/mol. The predicted octanol–water partition coefficient (Wildman–Crippen LogP) is 4.00. The molecule has 0 unspecified atom stereocenters. The van der Waals surface area contributed by atoms with E-state index in [0.717, 1.165) is 24.1 Å². The lowest BCUT2D eigenvalue weighted by Gasteiger charge is -2.36. The third-order valence-corrected chi connectivity index (χ3v) is 4.20. The molecule has 2 aromatic carbocycles. The van der Waals surface area contributed by atoms with Crippen LogP contribution in [0.1, 0.15) is 24.0 Å². The van der Waals surface area contributed by atoms with Crippen LogP contribution >= 0.6 is 0 Å². The van der Waals surface area contributed by atoms with E-state index in [-0.39, 0.29) is 30.6 Å². The minimum atomic E-state index is -0.389. The zero-order valence-electron chi connectivity index (χ0n) is 13.6. The highest BCUT2D eigenvalue weighted by atomic mass is 19.1. The summed E-state index contributed by atoms with van der Waals surface area (Å²) in [5.74, 6) is -0.199. The summed E-state index contributed by atoms with van der Waals surface area (Å²) in [6, 6.07) is 15.0. The Bertz CT molecular complexity index is 700. The molecular formula is C19H21FN2O2. The van der Waals surface area contributed by atoms with Gasteiger partial charge in [-0.05, 0) is 49.1 Å². The van der Waals surface area contributed by atoms with Crippen molar-refractivity contribution in [3.05, 3.63) is 65.5 Å². The number of nitrogens with one attached hydrogen (secondary N) is 2. The molecule has 5 heteroatoms. The normalized spacial score (nSPS) is 19.2. The fourth-order valence-corrected chi connectivity index (χ4v) is 2.76. The molecule has 0 saturated heterocycles. The van der Waals surface area contributed by atoms with Crippen LogP contribution in [0.15, 0.2) is 48.5 Å². The fraction of sp³-hybridized carbons (Fsp3) is 0.316. The van der Waals surface area contributed by atoms with E-state index in [1.807, 2.05) is 30.3 Å². The molecule has 0 aromatic heterocycles. The number of aryl methyl sites for hydroxylation is 1. The molecule has 126 valence electrons. The molecule has 0 spiro atoms. The lowest BCUT2D eigenvalue weighted by molar-refractivity contribution is 0.129. The molecular weight excluding hydrogens is 307 g/mol. The first-order valence-electron chi connectivity index (χ1n) is 8.10. The third-order valence-electron chi connectivity index (χ3n) is 4.20. The molecule has 2 aromatic rings. The molecule has 0 atom stereocenters. The van der Waals surface area contributed by atoms with E-state index in [0.29, 0.717) is 5.56 Å². The quantitative estimate of drug-likeness (QED) is 0.872. The van der Waals surface area contributed by atoms with Crippen LogP contribution in [0.5, 0.6) is 0 Å². The standard InChI is InChI=1S/C19H21FN2O2/c1-13-9-15(7-8-18(13)20)21-16-10-17(11-16)22-19(23)24-12-14-5-3-2-4-6-14/h2-9,16-17,21H,10-12H2,1H3,(H,22,23). The van der Waals surface area contributed by atoms with Crippen LogP contribution in [0, 0.1) is 12.7 Å². The third kappa shape index (κ3) is 4.25. The number of hydrogen-bond acceptors (Lipinski definition) is 3. The van der Waals surface area contributed by atoms with Crippen molar-refractivity contribution in [1.82, 2.24) is 5.32 Å². The van der Waals surface area contributed by atoms with Crippen LogP contribution < -0.4 is 10.6 Å². The van der Waals surface area contributed by atoms with Gasteiger partial charge in [0.2, 0.25) is 0 Å². The van der Waals surface area contributed by atoms with Crippen molar-refractivity contribution in [2.75, 3.05) is 5.32 Å². The Hall–Kier alpha value is -2.56. The Labute approximate surface area is 141 Å². The van der Waals surface area contributed by atoms with Gasteiger partial charge >= 0.3 is 6.09 Å². The molecule has 0 heterocycles. The van der Waals surface area contributed by atoms with Crippen LogP contribution in [0.25, 0.3) is 0 Å². The van der Waals surface area contributed by atoms with E-state index < -0.39 is 0 Å². The average molecular weight is 328 g/mol. The van der Waals surface area contributed by atoms with E-state index in [2.05, 4.69) is 10.6 Å². The number of anilines is 1. The minimum Gasteiger partial charge on any atom is -0.445 e. The molecule has 0 radical (unpaired) electrons. The molecule has 0 aliphatic heterocycles. The molecule has 1 amide bonds. The van der Waals surface area contributed by atoms with Crippen LogP contribution in [-0.2, 0) is 11.3 Å². The van der Waals surface area contributed by atoms with Crippen LogP contribution in [0.3, 0.4) is 0 Å². The number of carbonyl (C=O) groups excluding carboxylic acids is 1. The van der Waals surface area contributed by atoms with Crippen LogP contribution in [0.2, 0.25) is 0 Å². The summed E-state index contributed by atoms with van der Waals surface area (Å²) in [4.78, 5) is 11.8. The van der Waals surface area contributed by atoms with Crippen molar-refractivity contribution in [2.24, 2.45) is 0 Å². The summed E-state index contributed by atoms with van der Waals surface area (Å²) in [7, 11) is 0. The second-order valence-electron chi connectivity index (χ2n) is 6.18. The summed E-state index contributed by atoms with van der Waals surface area (Å²) in [5, 5.41) is 6.21. The van der Waals surface area contributed by atoms with Gasteiger partial charge in [0.15, 0.2) is 0 Å². The molecule has 1 aliphatic rings. The number of hydrogen-bond donors (Lipinski definition) is 2. The largest absolute Gasteiger partial charge is 0.445 e. The first-order chi connectivity index (χ1) is 11.6. The van der Waals surface area contributed by atoms with E-state index in [9.17, 15) is 9.18 Å². The van der Waals surface area contributed by atoms with Gasteiger partial charge in [0.25, 0.3) is 0 Å². The van der Waals surface area contributed by atoms with Crippen molar-refractivity contribution in [3.8, 4) is 0 Å². The number of alkyl carbamates (subject to hydrolysis) is 1. The van der Waals surface area contributed by atoms with Crippen molar-refractivity contribution in [1.29, 1.82) is 0 Å². The van der Waals surface area contributed by atoms with Crippen molar-refractivity contribution < 1.29 is 13.9 Å². The Morgan fingerprint density at radius 3 is 2.62 bits per heavy atom. The lowest BCUT2D eigenvalue weighted by atomic mass is 9.86. The van der Waals surface area contributed by atoms with Crippen molar-refractivity contribution >= 4 is 11.8 Å². The van der Waals surface area contributed by atoms with Gasteiger partial charge in [-0.1, -0.05) is 30.3 Å². The highest BCUT2D eigenvalue weighted by Crippen LogP contribution is 2.25. The molecule has 1 fully saturated rings. The second kappa shape index (κ2) is 7.34. The van der Waals surface area contributed by atoms with Crippen LogP contribution in [-0.4, -0.2) is 18.2 Å². The summed E-state index contributed by atoms with van der Waals surface area (Å²) in [5.41, 5.74) is 2.50. The second-order valence-corrected chi connectivity index (χ2v) is 6.18. The van der Waals surface area contributed by atoms with E-state index in [1.165, 1.54) is 6.07 Å². The summed E-state index contributed by atoms with van der Waals surface area (Å²) < 4.78 is 18.4. The molecule has 4 nitrogen and oxygen atoms in total. The zero-order valence-corrected chi connectivity index (χ0v) is 13.6. The number of carbonyl (C=O) groups is 1. The maximum Gasteiger partial charge on any atom is 0.407 e. The number of benzene rings is 2. The van der Waals surface area contributed by atoms with E-state index in [4.69, 9.17) is 4.74 Å². The van der Waals surface area contributed by atoms with E-state index >= 15 is 0 Å². The topological polar surface area (TPSA) is 50.4 Å². The van der Waals surface area contributed by atoms with Gasteiger partial charge in [0.05, 0.1) is 0 Å². The number of ether oxygens (including phenoxy) is 1. The smallest absolute Gasteiger partial charge is 0.407 e. The lowest BCUT2D eigenvalue weighted by Crippen LogP contribution is -2.49. The Morgan fingerprint density at radius 2 is 1.92 bits per heavy atom. The van der Waals surface area contributed by atoms with Gasteiger partial charge in [0.1, 0.15) is 12.4 Å². The molecule has 3 rings (SSSR count). The SMILES string of the molecule is Cc1cc(NC2CC(NC(=O)OCc3ccccc3)C2)ccc1F. The minimum absolute atomic E-state index is 0.118.